The molecule has 0 radical (unpaired) electrons. The second kappa shape index (κ2) is 3.66. The first kappa shape index (κ1) is 9.60. The van der Waals surface area contributed by atoms with E-state index in [-0.39, 0.29) is 15.8 Å². The highest BCUT2D eigenvalue weighted by molar-refractivity contribution is 7.12. The van der Waals surface area contributed by atoms with Crippen LogP contribution in [0.4, 0.5) is 5.13 Å². The number of nitrogens with zero attached hydrogens (tertiary/aromatic N) is 2. The van der Waals surface area contributed by atoms with Gasteiger partial charge in [-0.15, -0.1) is 5.10 Å². The Kier molecular flexibility index (Phi) is 2.34. The fourth-order valence-corrected chi connectivity index (χ4v) is 1.68. The van der Waals surface area contributed by atoms with Crippen molar-refractivity contribution in [2.75, 3.05) is 5.73 Å². The van der Waals surface area contributed by atoms with E-state index in [4.69, 9.17) is 11.1 Å². The van der Waals surface area contributed by atoms with E-state index < -0.39 is 0 Å². The molecule has 3 N–H and O–H groups in total. The minimum absolute atomic E-state index is 0.0290. The summed E-state index contributed by atoms with van der Waals surface area (Å²) in [6, 6.07) is 8.67. The van der Waals surface area contributed by atoms with Crippen LogP contribution in [-0.4, -0.2) is 15.7 Å². The van der Waals surface area contributed by atoms with Gasteiger partial charge in [0.25, 0.3) is 5.91 Å². The number of nitrogens with two attached hydrogens (primary N) is 1. The van der Waals surface area contributed by atoms with Crippen molar-refractivity contribution in [3.63, 3.8) is 0 Å². The van der Waals surface area contributed by atoms with Crippen molar-refractivity contribution in [1.82, 2.24) is 9.78 Å². The first-order chi connectivity index (χ1) is 7.18. The summed E-state index contributed by atoms with van der Waals surface area (Å²) >= 11 is 0.968. The number of nitrogen functional groups attached to an aromatic ring is 1. The molecule has 2 rings (SSSR count). The molecule has 5 nitrogen and oxygen atoms in total. The fraction of sp³-hybridized carbons (Fsp3) is 0. The highest BCUT2D eigenvalue weighted by Gasteiger charge is 2.11. The van der Waals surface area contributed by atoms with Gasteiger partial charge in [0.15, 0.2) is 0 Å². The summed E-state index contributed by atoms with van der Waals surface area (Å²) in [4.78, 5) is 11.8. The van der Waals surface area contributed by atoms with Crippen molar-refractivity contribution in [2.24, 2.45) is 0 Å². The molecule has 1 aromatic carbocycles. The largest absolute Gasteiger partial charge is 0.374 e. The van der Waals surface area contributed by atoms with Crippen LogP contribution in [0.15, 0.2) is 30.3 Å². The average molecular weight is 220 g/mol. The van der Waals surface area contributed by atoms with Crippen molar-refractivity contribution >= 4 is 22.4 Å². The SMILES string of the molecule is N=c1sc(N)nn1C(=O)c1ccccc1. The summed E-state index contributed by atoms with van der Waals surface area (Å²) in [5.41, 5.74) is 5.90. The number of carbonyl (C=O) groups is 1. The lowest BCUT2D eigenvalue weighted by Gasteiger charge is -1.98. The third-order valence-electron chi connectivity index (χ3n) is 1.81. The van der Waals surface area contributed by atoms with Crippen molar-refractivity contribution in [1.29, 1.82) is 5.41 Å². The van der Waals surface area contributed by atoms with Crippen molar-refractivity contribution in [3.8, 4) is 0 Å². The van der Waals surface area contributed by atoms with Gasteiger partial charge in [-0.1, -0.05) is 29.5 Å². The molecule has 0 saturated carbocycles. The lowest BCUT2D eigenvalue weighted by atomic mass is 10.2. The van der Waals surface area contributed by atoms with E-state index in [1.165, 1.54) is 0 Å². The second-order valence-corrected chi connectivity index (χ2v) is 3.84. The van der Waals surface area contributed by atoms with Gasteiger partial charge in [-0.25, -0.2) is 0 Å². The Morgan fingerprint density at radius 2 is 2.07 bits per heavy atom. The normalized spacial score (nSPS) is 10.1. The first-order valence-electron chi connectivity index (χ1n) is 4.18. The van der Waals surface area contributed by atoms with Crippen LogP contribution in [0.2, 0.25) is 0 Å². The van der Waals surface area contributed by atoms with Crippen LogP contribution >= 0.6 is 11.3 Å². The molecule has 0 spiro atoms. The lowest BCUT2D eigenvalue weighted by molar-refractivity contribution is 0.0940. The topological polar surface area (TPSA) is 84.8 Å². The Morgan fingerprint density at radius 3 is 2.60 bits per heavy atom. The molecule has 0 bridgehead atoms. The number of carbonyl (C=O) groups excluding carboxylic acids is 1. The summed E-state index contributed by atoms with van der Waals surface area (Å²) in [5.74, 6) is -0.339. The maximum absolute atomic E-state index is 11.8. The van der Waals surface area contributed by atoms with Gasteiger partial charge in [-0.3, -0.25) is 10.2 Å². The number of rotatable bonds is 1. The number of hydrogen-bond acceptors (Lipinski definition) is 5. The van der Waals surface area contributed by atoms with E-state index in [1.54, 1.807) is 24.3 Å². The maximum atomic E-state index is 11.8. The molecule has 0 atom stereocenters. The van der Waals surface area contributed by atoms with E-state index in [2.05, 4.69) is 5.10 Å². The predicted molar refractivity (Wildman–Crippen MR) is 56.5 cm³/mol. The number of aromatic nitrogens is 2. The highest BCUT2D eigenvalue weighted by atomic mass is 32.1. The molecule has 76 valence electrons. The van der Waals surface area contributed by atoms with Gasteiger partial charge in [-0.2, -0.15) is 4.68 Å². The molecule has 15 heavy (non-hydrogen) atoms. The quantitative estimate of drug-likeness (QED) is 0.741. The second-order valence-electron chi connectivity index (χ2n) is 2.83. The van der Waals surface area contributed by atoms with Gasteiger partial charge < -0.3 is 5.73 Å². The Balaban J connectivity index is 2.46. The lowest BCUT2D eigenvalue weighted by Crippen LogP contribution is -2.24. The van der Waals surface area contributed by atoms with Crippen LogP contribution in [0, 0.1) is 5.41 Å². The van der Waals surface area contributed by atoms with E-state index in [1.807, 2.05) is 6.07 Å². The third kappa shape index (κ3) is 1.79. The van der Waals surface area contributed by atoms with Crippen LogP contribution in [0.25, 0.3) is 0 Å². The minimum atomic E-state index is -0.339. The molecule has 0 aliphatic heterocycles. The zero-order valence-corrected chi connectivity index (χ0v) is 8.49. The summed E-state index contributed by atoms with van der Waals surface area (Å²) in [6.45, 7) is 0. The predicted octanol–water partition coefficient (Wildman–Crippen LogP) is 0.695. The number of benzene rings is 1. The van der Waals surface area contributed by atoms with Gasteiger partial charge in [0.1, 0.15) is 0 Å². The molecule has 0 unspecified atom stereocenters. The molecule has 0 fully saturated rings. The Morgan fingerprint density at radius 1 is 1.40 bits per heavy atom. The van der Waals surface area contributed by atoms with Gasteiger partial charge in [0.2, 0.25) is 9.93 Å². The molecule has 0 aliphatic carbocycles. The summed E-state index contributed by atoms with van der Waals surface area (Å²) in [6.07, 6.45) is 0. The zero-order chi connectivity index (χ0) is 10.8. The maximum Gasteiger partial charge on any atom is 0.280 e. The molecule has 0 aliphatic rings. The van der Waals surface area contributed by atoms with Crippen molar-refractivity contribution < 1.29 is 4.79 Å². The number of nitrogens with one attached hydrogen (secondary N) is 1. The summed E-state index contributed by atoms with van der Waals surface area (Å²) in [5, 5.41) is 11.5. The van der Waals surface area contributed by atoms with Crippen LogP contribution in [0.1, 0.15) is 10.4 Å². The smallest absolute Gasteiger partial charge is 0.280 e. The summed E-state index contributed by atoms with van der Waals surface area (Å²) < 4.78 is 0.995. The third-order valence-corrected chi connectivity index (χ3v) is 2.46. The minimum Gasteiger partial charge on any atom is -0.374 e. The van der Waals surface area contributed by atoms with Crippen molar-refractivity contribution in [3.05, 3.63) is 40.7 Å². The average Bonchev–Trinajstić information content (AvgIpc) is 2.58. The molecule has 0 amide bonds. The van der Waals surface area contributed by atoms with Crippen LogP contribution in [0.3, 0.4) is 0 Å². The molecule has 1 heterocycles. The Hall–Kier alpha value is -1.95. The molecule has 6 heteroatoms. The van der Waals surface area contributed by atoms with Crippen molar-refractivity contribution in [2.45, 2.75) is 0 Å². The summed E-state index contributed by atoms with van der Waals surface area (Å²) in [7, 11) is 0. The van der Waals surface area contributed by atoms with Crippen LogP contribution in [0.5, 0.6) is 0 Å². The molecule has 0 saturated heterocycles. The number of anilines is 1. The Bertz CT molecular complexity index is 543. The van der Waals surface area contributed by atoms with Gasteiger partial charge in [0, 0.05) is 5.56 Å². The molecule has 2 aromatic rings. The van der Waals surface area contributed by atoms with E-state index >= 15 is 0 Å². The zero-order valence-electron chi connectivity index (χ0n) is 7.68. The Labute approximate surface area is 89.3 Å². The van der Waals surface area contributed by atoms with Gasteiger partial charge in [-0.05, 0) is 12.1 Å². The van der Waals surface area contributed by atoms with E-state index in [0.717, 1.165) is 16.0 Å². The van der Waals surface area contributed by atoms with E-state index in [9.17, 15) is 4.79 Å². The molecule has 1 aromatic heterocycles. The monoisotopic (exact) mass is 220 g/mol. The fourth-order valence-electron chi connectivity index (χ4n) is 1.15. The van der Waals surface area contributed by atoms with Gasteiger partial charge in [0.05, 0.1) is 0 Å². The van der Waals surface area contributed by atoms with Crippen LogP contribution < -0.4 is 10.5 Å². The molecular formula is C9H8N4OS. The van der Waals surface area contributed by atoms with Crippen LogP contribution in [-0.2, 0) is 0 Å². The number of hydrogen-bond donors (Lipinski definition) is 2. The highest BCUT2D eigenvalue weighted by Crippen LogP contribution is 2.03. The molecular weight excluding hydrogens is 212 g/mol. The van der Waals surface area contributed by atoms with Gasteiger partial charge >= 0.3 is 0 Å². The first-order valence-corrected chi connectivity index (χ1v) is 5.00. The standard InChI is InChI=1S/C9H8N4OS/c10-8-12-13(9(11)15-8)7(14)6-4-2-1-3-5-6/h1-5,11H,(H2,10,12). The van der Waals surface area contributed by atoms with E-state index in [0.29, 0.717) is 5.56 Å².